The fourth-order valence-corrected chi connectivity index (χ4v) is 3.73. The third-order valence-electron chi connectivity index (χ3n) is 4.90. The molecule has 1 aromatic heterocycles. The molecule has 3 rings (SSSR count). The molecule has 0 aromatic carbocycles. The van der Waals surface area contributed by atoms with Crippen LogP contribution in [0.25, 0.3) is 0 Å². The number of rotatable bonds is 2. The Hall–Kier alpha value is -0.800. The molecule has 1 aliphatic carbocycles. The predicted molar refractivity (Wildman–Crippen MR) is 72.2 cm³/mol. The summed E-state index contributed by atoms with van der Waals surface area (Å²) in [7, 11) is 0. The summed E-state index contributed by atoms with van der Waals surface area (Å²) < 4.78 is 5.76. The Morgan fingerprint density at radius 1 is 1.33 bits per heavy atom. The second-order valence-electron chi connectivity index (χ2n) is 6.10. The summed E-state index contributed by atoms with van der Waals surface area (Å²) in [6.45, 7) is 6.60. The molecule has 3 nitrogen and oxygen atoms in total. The van der Waals surface area contributed by atoms with E-state index in [0.717, 1.165) is 24.0 Å². The molecule has 0 radical (unpaired) electrons. The van der Waals surface area contributed by atoms with Crippen molar-refractivity contribution in [2.45, 2.75) is 45.2 Å². The van der Waals surface area contributed by atoms with Gasteiger partial charge in [0.25, 0.3) is 0 Å². The van der Waals surface area contributed by atoms with Gasteiger partial charge in [-0.3, -0.25) is 4.90 Å². The molecule has 4 atom stereocenters. The molecule has 0 spiro atoms. The van der Waals surface area contributed by atoms with Crippen LogP contribution >= 0.6 is 0 Å². The van der Waals surface area contributed by atoms with Crippen molar-refractivity contribution in [1.82, 2.24) is 4.90 Å². The molecule has 2 fully saturated rings. The van der Waals surface area contributed by atoms with Gasteiger partial charge in [0.15, 0.2) is 0 Å². The van der Waals surface area contributed by atoms with Crippen LogP contribution in [0.15, 0.2) is 16.5 Å². The van der Waals surface area contributed by atoms with Gasteiger partial charge in [0.1, 0.15) is 11.5 Å². The van der Waals surface area contributed by atoms with Crippen LogP contribution in [0.5, 0.6) is 0 Å². The van der Waals surface area contributed by atoms with E-state index in [4.69, 9.17) is 10.2 Å². The van der Waals surface area contributed by atoms with Crippen LogP contribution in [-0.2, 0) is 0 Å². The highest BCUT2D eigenvalue weighted by Gasteiger charge is 2.40. The van der Waals surface area contributed by atoms with Gasteiger partial charge in [-0.25, -0.2) is 0 Å². The molecule has 1 saturated heterocycles. The Morgan fingerprint density at radius 3 is 2.83 bits per heavy atom. The number of likely N-dealkylation sites (tertiary alicyclic amines) is 1. The number of nitrogens with two attached hydrogens (primary N) is 1. The summed E-state index contributed by atoms with van der Waals surface area (Å²) in [6.07, 6.45) is 3.88. The van der Waals surface area contributed by atoms with Crippen molar-refractivity contribution in [2.24, 2.45) is 17.6 Å². The van der Waals surface area contributed by atoms with Crippen molar-refractivity contribution in [3.63, 3.8) is 0 Å². The van der Waals surface area contributed by atoms with E-state index < -0.39 is 0 Å². The third-order valence-corrected chi connectivity index (χ3v) is 4.90. The smallest absolute Gasteiger partial charge is 0.121 e. The first-order valence-electron chi connectivity index (χ1n) is 7.21. The minimum absolute atomic E-state index is 0.386. The molecule has 18 heavy (non-hydrogen) atoms. The SMILES string of the molecule is Cc1ccc(C(C)N2CC3CCCC(N)C3C2)o1. The summed E-state index contributed by atoms with van der Waals surface area (Å²) in [5.74, 6) is 3.62. The normalized spacial score (nSPS) is 34.5. The largest absolute Gasteiger partial charge is 0.465 e. The lowest BCUT2D eigenvalue weighted by Gasteiger charge is -2.30. The van der Waals surface area contributed by atoms with E-state index in [9.17, 15) is 0 Å². The zero-order valence-electron chi connectivity index (χ0n) is 11.4. The van der Waals surface area contributed by atoms with Crippen molar-refractivity contribution in [3.05, 3.63) is 23.7 Å². The predicted octanol–water partition coefficient (Wildman–Crippen LogP) is 2.71. The quantitative estimate of drug-likeness (QED) is 0.875. The lowest BCUT2D eigenvalue weighted by atomic mass is 9.78. The number of furan rings is 1. The van der Waals surface area contributed by atoms with Crippen LogP contribution in [-0.4, -0.2) is 24.0 Å². The van der Waals surface area contributed by atoms with Crippen LogP contribution < -0.4 is 5.73 Å². The van der Waals surface area contributed by atoms with Crippen molar-refractivity contribution >= 4 is 0 Å². The van der Waals surface area contributed by atoms with E-state index in [-0.39, 0.29) is 0 Å². The number of hydrogen-bond donors (Lipinski definition) is 1. The lowest BCUT2D eigenvalue weighted by molar-refractivity contribution is 0.217. The summed E-state index contributed by atoms with van der Waals surface area (Å²) in [6, 6.07) is 4.97. The first kappa shape index (κ1) is 12.2. The summed E-state index contributed by atoms with van der Waals surface area (Å²) in [5.41, 5.74) is 6.27. The van der Waals surface area contributed by atoms with Crippen LogP contribution in [0.1, 0.15) is 43.7 Å². The number of aryl methyl sites for hydroxylation is 1. The molecule has 2 N–H and O–H groups in total. The Kier molecular flexibility index (Phi) is 3.20. The molecule has 0 amide bonds. The first-order valence-corrected chi connectivity index (χ1v) is 7.21. The zero-order chi connectivity index (χ0) is 12.7. The lowest BCUT2D eigenvalue weighted by Crippen LogP contribution is -2.38. The van der Waals surface area contributed by atoms with Gasteiger partial charge in [0.05, 0.1) is 6.04 Å². The van der Waals surface area contributed by atoms with Gasteiger partial charge < -0.3 is 10.2 Å². The van der Waals surface area contributed by atoms with E-state index in [0.29, 0.717) is 18.0 Å². The molecular formula is C15H24N2O. The Labute approximate surface area is 109 Å². The molecule has 3 heteroatoms. The van der Waals surface area contributed by atoms with Crippen molar-refractivity contribution in [1.29, 1.82) is 0 Å². The monoisotopic (exact) mass is 248 g/mol. The van der Waals surface area contributed by atoms with Crippen LogP contribution in [0.2, 0.25) is 0 Å². The number of nitrogens with zero attached hydrogens (tertiary/aromatic N) is 1. The van der Waals surface area contributed by atoms with Crippen molar-refractivity contribution in [3.8, 4) is 0 Å². The van der Waals surface area contributed by atoms with Crippen LogP contribution in [0, 0.1) is 18.8 Å². The standard InChI is InChI=1S/C15H24N2O/c1-10-6-7-15(18-10)11(2)17-8-12-4-3-5-14(16)13(12)9-17/h6-7,11-14H,3-5,8-9,16H2,1-2H3. The van der Waals surface area contributed by atoms with Gasteiger partial charge in [-0.05, 0) is 50.7 Å². The average molecular weight is 248 g/mol. The molecule has 2 aliphatic rings. The second kappa shape index (κ2) is 4.71. The average Bonchev–Trinajstić information content (AvgIpc) is 2.95. The number of hydrogen-bond acceptors (Lipinski definition) is 3. The van der Waals surface area contributed by atoms with Crippen LogP contribution in [0.3, 0.4) is 0 Å². The van der Waals surface area contributed by atoms with Gasteiger partial charge in [-0.2, -0.15) is 0 Å². The van der Waals surface area contributed by atoms with E-state index in [1.165, 1.54) is 25.8 Å². The maximum absolute atomic E-state index is 6.27. The molecule has 100 valence electrons. The number of fused-ring (bicyclic) bond motifs is 1. The highest BCUT2D eigenvalue weighted by Crippen LogP contribution is 2.39. The molecule has 2 heterocycles. The van der Waals surface area contributed by atoms with E-state index in [2.05, 4.69) is 24.0 Å². The van der Waals surface area contributed by atoms with E-state index >= 15 is 0 Å². The zero-order valence-corrected chi connectivity index (χ0v) is 11.4. The van der Waals surface area contributed by atoms with Gasteiger partial charge in [-0.15, -0.1) is 0 Å². The van der Waals surface area contributed by atoms with E-state index in [1.807, 2.05) is 6.92 Å². The highest BCUT2D eigenvalue weighted by molar-refractivity contribution is 5.10. The Bertz CT molecular complexity index is 414. The minimum atomic E-state index is 0.386. The third kappa shape index (κ3) is 2.10. The van der Waals surface area contributed by atoms with Gasteiger partial charge in [0.2, 0.25) is 0 Å². The summed E-state index contributed by atoms with van der Waals surface area (Å²) >= 11 is 0. The van der Waals surface area contributed by atoms with Crippen molar-refractivity contribution < 1.29 is 4.42 Å². The minimum Gasteiger partial charge on any atom is -0.465 e. The van der Waals surface area contributed by atoms with Crippen molar-refractivity contribution in [2.75, 3.05) is 13.1 Å². The molecular weight excluding hydrogens is 224 g/mol. The Morgan fingerprint density at radius 2 is 2.17 bits per heavy atom. The molecule has 1 aromatic rings. The molecule has 1 saturated carbocycles. The van der Waals surface area contributed by atoms with Crippen LogP contribution in [0.4, 0.5) is 0 Å². The highest BCUT2D eigenvalue weighted by atomic mass is 16.3. The topological polar surface area (TPSA) is 42.4 Å². The fourth-order valence-electron chi connectivity index (χ4n) is 3.73. The molecule has 0 bridgehead atoms. The van der Waals surface area contributed by atoms with Gasteiger partial charge >= 0.3 is 0 Å². The summed E-state index contributed by atoms with van der Waals surface area (Å²) in [4.78, 5) is 2.55. The van der Waals surface area contributed by atoms with Gasteiger partial charge in [0, 0.05) is 19.1 Å². The first-order chi connectivity index (χ1) is 8.65. The Balaban J connectivity index is 1.71. The molecule has 1 aliphatic heterocycles. The second-order valence-corrected chi connectivity index (χ2v) is 6.10. The molecule has 4 unspecified atom stereocenters. The van der Waals surface area contributed by atoms with Gasteiger partial charge in [-0.1, -0.05) is 6.42 Å². The maximum atomic E-state index is 6.27. The fraction of sp³-hybridized carbons (Fsp3) is 0.733. The van der Waals surface area contributed by atoms with E-state index in [1.54, 1.807) is 0 Å². The summed E-state index contributed by atoms with van der Waals surface area (Å²) in [5, 5.41) is 0. The maximum Gasteiger partial charge on any atom is 0.121 e.